The zero-order valence-corrected chi connectivity index (χ0v) is 24.3. The van der Waals surface area contributed by atoms with Gasteiger partial charge in [0.1, 0.15) is 0 Å². The zero-order valence-electron chi connectivity index (χ0n) is 24.3. The van der Waals surface area contributed by atoms with E-state index in [4.69, 9.17) is 13.2 Å². The van der Waals surface area contributed by atoms with E-state index in [-0.39, 0.29) is 16.2 Å². The van der Waals surface area contributed by atoms with E-state index in [1.165, 1.54) is 61.3 Å². The van der Waals surface area contributed by atoms with Crippen LogP contribution in [0.3, 0.4) is 0 Å². The first-order valence-corrected chi connectivity index (χ1v) is 13.6. The molecule has 36 heavy (non-hydrogen) atoms. The molecule has 0 saturated carbocycles. The van der Waals surface area contributed by atoms with Crippen molar-refractivity contribution in [2.75, 3.05) is 0 Å². The number of allylic oxidation sites excluding steroid dienone is 9. The predicted octanol–water partition coefficient (Wildman–Crippen LogP) is 10.4. The zero-order chi connectivity index (χ0) is 27.0. The average Bonchev–Trinajstić information content (AvgIpc) is 2.74. The molecule has 4 rings (SSSR count). The van der Waals surface area contributed by atoms with Gasteiger partial charge in [-0.3, -0.25) is 0 Å². The van der Waals surface area contributed by atoms with Gasteiger partial charge in [0, 0.05) is 5.41 Å². The second kappa shape index (κ2) is 8.47. The summed E-state index contributed by atoms with van der Waals surface area (Å²) in [5, 5.41) is 0. The van der Waals surface area contributed by atoms with Crippen LogP contribution in [0, 0.1) is 29.1 Å². The normalized spacial score (nSPS) is 30.1. The molecule has 0 aliphatic heterocycles. The summed E-state index contributed by atoms with van der Waals surface area (Å²) in [6.07, 6.45) is 7.73. The molecule has 1 aromatic carbocycles. The lowest BCUT2D eigenvalue weighted by Gasteiger charge is -2.62. The molecular formula is C36H46. The number of benzene rings is 1. The first kappa shape index (κ1) is 26.5. The molecule has 0 N–H and O–H groups in total. The summed E-state index contributed by atoms with van der Waals surface area (Å²) in [6, 6.07) is 4.56. The highest BCUT2D eigenvalue weighted by atomic mass is 14.6. The van der Waals surface area contributed by atoms with E-state index < -0.39 is 0 Å². The van der Waals surface area contributed by atoms with Crippen LogP contribution < -0.4 is 0 Å². The topological polar surface area (TPSA) is 0 Å². The fourth-order valence-electron chi connectivity index (χ4n) is 8.11. The van der Waals surface area contributed by atoms with Crippen LogP contribution in [0.1, 0.15) is 90.5 Å². The fraction of sp³-hybridized carbons (Fsp3) is 0.444. The van der Waals surface area contributed by atoms with Crippen molar-refractivity contribution in [1.29, 1.82) is 0 Å². The molecule has 0 heteroatoms. The molecular weight excluding hydrogens is 432 g/mol. The van der Waals surface area contributed by atoms with E-state index in [9.17, 15) is 0 Å². The highest BCUT2D eigenvalue weighted by molar-refractivity contribution is 5.88. The number of aryl methyl sites for hydroxylation is 1. The molecule has 3 atom stereocenters. The van der Waals surface area contributed by atoms with Crippen LogP contribution >= 0.6 is 0 Å². The van der Waals surface area contributed by atoms with Crippen LogP contribution in [0.4, 0.5) is 0 Å². The van der Waals surface area contributed by atoms with Crippen molar-refractivity contribution in [2.45, 2.75) is 81.6 Å². The Morgan fingerprint density at radius 1 is 1.00 bits per heavy atom. The van der Waals surface area contributed by atoms with Gasteiger partial charge in [-0.05, 0) is 108 Å². The van der Waals surface area contributed by atoms with Gasteiger partial charge in [0.05, 0.1) is 0 Å². The number of hydrogen-bond acceptors (Lipinski definition) is 0. The van der Waals surface area contributed by atoms with Crippen LogP contribution in [0.25, 0.3) is 11.6 Å². The monoisotopic (exact) mass is 478 g/mol. The summed E-state index contributed by atoms with van der Waals surface area (Å²) in [5.74, 6) is 0.447. The second-order valence-corrected chi connectivity index (χ2v) is 13.1. The van der Waals surface area contributed by atoms with E-state index >= 15 is 0 Å². The summed E-state index contributed by atoms with van der Waals surface area (Å²) in [6.45, 7) is 39.0. The predicted molar refractivity (Wildman–Crippen MR) is 160 cm³/mol. The van der Waals surface area contributed by atoms with Crippen molar-refractivity contribution in [3.63, 3.8) is 0 Å². The van der Waals surface area contributed by atoms with Gasteiger partial charge in [0.25, 0.3) is 0 Å². The minimum atomic E-state index is -0.115. The summed E-state index contributed by atoms with van der Waals surface area (Å²) < 4.78 is 0. The Hall–Kier alpha value is -2.60. The number of rotatable bonds is 4. The van der Waals surface area contributed by atoms with Gasteiger partial charge in [-0.25, -0.2) is 0 Å². The van der Waals surface area contributed by atoms with E-state index in [1.807, 2.05) is 0 Å². The highest BCUT2D eigenvalue weighted by Gasteiger charge is 2.59. The Bertz CT molecular complexity index is 1320. The second-order valence-electron chi connectivity index (χ2n) is 13.1. The maximum Gasteiger partial charge on any atom is 0.0194 e. The standard InChI is InChI=1S/C36H46/c1-21(2)23(5)14-16-29-17-15-24(6)32-26(8)33-28(10)36(13)27(9)31(22(3)4)25(7)18-35(36,12)20-34(33,11)19-30(29)32/h14-17,21H,3,5,8-9,18-20H2,1-2,4,6-7,10-13H3/b16-14+/t34-,35+,36-/m1/s1. The third kappa shape index (κ3) is 3.55. The summed E-state index contributed by atoms with van der Waals surface area (Å²) in [4.78, 5) is 0. The van der Waals surface area contributed by atoms with Crippen molar-refractivity contribution in [3.05, 3.63) is 106 Å². The molecule has 0 radical (unpaired) electrons. The van der Waals surface area contributed by atoms with Crippen LogP contribution in [-0.4, -0.2) is 0 Å². The third-order valence-corrected chi connectivity index (χ3v) is 10.1. The van der Waals surface area contributed by atoms with Crippen LogP contribution in [0.2, 0.25) is 0 Å². The first-order valence-electron chi connectivity index (χ1n) is 13.6. The van der Waals surface area contributed by atoms with Crippen LogP contribution in [-0.2, 0) is 6.42 Å². The van der Waals surface area contributed by atoms with Crippen molar-refractivity contribution >= 4 is 11.6 Å². The van der Waals surface area contributed by atoms with Crippen molar-refractivity contribution in [1.82, 2.24) is 0 Å². The Balaban J connectivity index is 1.95. The number of fused-ring (bicyclic) bond motifs is 3. The Morgan fingerprint density at radius 3 is 2.22 bits per heavy atom. The van der Waals surface area contributed by atoms with Crippen molar-refractivity contribution in [3.8, 4) is 0 Å². The lowest BCUT2D eigenvalue weighted by molar-refractivity contribution is 0.0544. The van der Waals surface area contributed by atoms with Gasteiger partial charge in [0.2, 0.25) is 0 Å². The van der Waals surface area contributed by atoms with E-state index in [2.05, 4.69) is 99.8 Å². The van der Waals surface area contributed by atoms with Crippen LogP contribution in [0.5, 0.6) is 0 Å². The summed E-state index contributed by atoms with van der Waals surface area (Å²) in [7, 11) is 0. The first-order chi connectivity index (χ1) is 16.6. The van der Waals surface area contributed by atoms with Gasteiger partial charge in [0.15, 0.2) is 0 Å². The Labute approximate surface area is 221 Å². The minimum absolute atomic E-state index is 0.0369. The molecule has 0 nitrogen and oxygen atoms in total. The molecule has 0 saturated heterocycles. The van der Waals surface area contributed by atoms with Gasteiger partial charge < -0.3 is 0 Å². The van der Waals surface area contributed by atoms with Crippen molar-refractivity contribution in [2.24, 2.45) is 22.2 Å². The van der Waals surface area contributed by atoms with E-state index in [0.717, 1.165) is 24.8 Å². The fourth-order valence-corrected chi connectivity index (χ4v) is 8.11. The lowest BCUT2D eigenvalue weighted by Crippen LogP contribution is -2.52. The van der Waals surface area contributed by atoms with Crippen molar-refractivity contribution < 1.29 is 0 Å². The molecule has 0 spiro atoms. The minimum Gasteiger partial charge on any atom is -0.0956 e. The summed E-state index contributed by atoms with van der Waals surface area (Å²) >= 11 is 0. The lowest BCUT2D eigenvalue weighted by atomic mass is 9.41. The number of hydrogen-bond donors (Lipinski definition) is 0. The molecule has 3 aliphatic carbocycles. The molecule has 0 amide bonds. The quantitative estimate of drug-likeness (QED) is 0.377. The molecule has 0 unspecified atom stereocenters. The molecule has 0 fully saturated rings. The Kier molecular flexibility index (Phi) is 6.23. The molecule has 0 heterocycles. The SMILES string of the molecule is C=C(C)C1=C(C)C[C@@]2(C)C[C@@]3(C)Cc4c(/C=C/C(=C)C(C)C)ccc(C)c4C(=C)C3=C(C)[C@@]2(C)C1=C. The van der Waals surface area contributed by atoms with Gasteiger partial charge >= 0.3 is 0 Å². The van der Waals surface area contributed by atoms with Gasteiger partial charge in [-0.2, -0.15) is 0 Å². The molecule has 3 aliphatic rings. The maximum absolute atomic E-state index is 4.79. The van der Waals surface area contributed by atoms with E-state index in [1.54, 1.807) is 0 Å². The smallest absolute Gasteiger partial charge is 0.0194 e. The average molecular weight is 479 g/mol. The summed E-state index contributed by atoms with van der Waals surface area (Å²) in [5.41, 5.74) is 15.9. The maximum atomic E-state index is 4.79. The molecule has 0 bridgehead atoms. The molecule has 190 valence electrons. The largest absolute Gasteiger partial charge is 0.0956 e. The molecule has 0 aromatic heterocycles. The van der Waals surface area contributed by atoms with Crippen LogP contribution in [0.15, 0.2) is 83.5 Å². The van der Waals surface area contributed by atoms with Gasteiger partial charge in [-0.1, -0.05) is 108 Å². The van der Waals surface area contributed by atoms with Gasteiger partial charge in [-0.15, -0.1) is 0 Å². The Morgan fingerprint density at radius 2 is 1.64 bits per heavy atom. The third-order valence-electron chi connectivity index (χ3n) is 10.1. The highest BCUT2D eigenvalue weighted by Crippen LogP contribution is 2.70. The van der Waals surface area contributed by atoms with E-state index in [0.29, 0.717) is 5.92 Å². The molecule has 1 aromatic rings.